The van der Waals surface area contributed by atoms with Gasteiger partial charge in [-0.05, 0) is 36.0 Å². The Balaban J connectivity index is 1.74. The van der Waals surface area contributed by atoms with E-state index in [-0.39, 0.29) is 6.61 Å². The molecule has 0 aromatic rings. The van der Waals surface area contributed by atoms with Crippen LogP contribution in [0.25, 0.3) is 0 Å². The highest BCUT2D eigenvalue weighted by Gasteiger charge is 2.60. The minimum absolute atomic E-state index is 0.271. The predicted molar refractivity (Wildman–Crippen MR) is 81.7 cm³/mol. The van der Waals surface area contributed by atoms with Crippen molar-refractivity contribution >= 4 is 5.71 Å². The molecule has 0 aromatic carbocycles. The van der Waals surface area contributed by atoms with Gasteiger partial charge in [-0.2, -0.15) is 0 Å². The lowest BCUT2D eigenvalue weighted by Gasteiger charge is -2.19. The summed E-state index contributed by atoms with van der Waals surface area (Å²) in [6.07, 6.45) is 1.81. The third kappa shape index (κ3) is 3.53. The zero-order chi connectivity index (χ0) is 14.9. The van der Waals surface area contributed by atoms with E-state index < -0.39 is 6.10 Å². The molecule has 2 fully saturated rings. The lowest BCUT2D eigenvalue weighted by atomic mass is 9.89. The van der Waals surface area contributed by atoms with Crippen molar-refractivity contribution in [3.63, 3.8) is 0 Å². The van der Waals surface area contributed by atoms with Crippen molar-refractivity contribution in [1.29, 1.82) is 0 Å². The maximum Gasteiger partial charge on any atom is 0.144 e. The number of aliphatic hydroxyl groups is 1. The topological polar surface area (TPSA) is 53.8 Å². The monoisotopic (exact) mass is 282 g/mol. The molecule has 2 N–H and O–H groups in total. The first-order valence-electron chi connectivity index (χ1n) is 7.92. The molecule has 2 saturated carbocycles. The summed E-state index contributed by atoms with van der Waals surface area (Å²) in [6, 6.07) is 0.378. The molecular formula is C16H30N2O2. The molecule has 2 aliphatic rings. The van der Waals surface area contributed by atoms with Gasteiger partial charge < -0.3 is 15.3 Å². The van der Waals surface area contributed by atoms with E-state index in [2.05, 4.69) is 45.1 Å². The second-order valence-electron chi connectivity index (χ2n) is 7.47. The molecule has 2 rings (SSSR count). The van der Waals surface area contributed by atoms with Gasteiger partial charge in [0.25, 0.3) is 0 Å². The highest BCUT2D eigenvalue weighted by Crippen LogP contribution is 2.65. The van der Waals surface area contributed by atoms with Crippen LogP contribution >= 0.6 is 0 Å². The third-order valence-electron chi connectivity index (χ3n) is 5.10. The molecule has 0 saturated heterocycles. The summed E-state index contributed by atoms with van der Waals surface area (Å²) in [5.41, 5.74) is 1.67. The van der Waals surface area contributed by atoms with Crippen molar-refractivity contribution in [3.8, 4) is 0 Å². The van der Waals surface area contributed by atoms with Gasteiger partial charge in [-0.1, -0.05) is 39.8 Å². The van der Waals surface area contributed by atoms with Crippen LogP contribution in [0.5, 0.6) is 0 Å². The van der Waals surface area contributed by atoms with E-state index in [4.69, 9.17) is 4.84 Å². The molecule has 0 radical (unpaired) electrons. The van der Waals surface area contributed by atoms with E-state index >= 15 is 0 Å². The van der Waals surface area contributed by atoms with Crippen molar-refractivity contribution in [2.24, 2.45) is 28.3 Å². The molecule has 0 unspecified atom stereocenters. The third-order valence-corrected chi connectivity index (χ3v) is 5.10. The molecule has 0 aliphatic heterocycles. The minimum Gasteiger partial charge on any atom is -0.393 e. The lowest BCUT2D eigenvalue weighted by molar-refractivity contribution is 0.0382. The molecule has 0 heterocycles. The SMILES string of the molecule is CC(C)NC[C@H](O)CO/N=C1\C[C@@H]2[C@H](C[C@H]1C)C2(C)C. The highest BCUT2D eigenvalue weighted by atomic mass is 16.6. The van der Waals surface area contributed by atoms with Crippen LogP contribution in [0.2, 0.25) is 0 Å². The summed E-state index contributed by atoms with van der Waals surface area (Å²) in [4.78, 5) is 5.37. The van der Waals surface area contributed by atoms with Crippen molar-refractivity contribution in [1.82, 2.24) is 5.32 Å². The Morgan fingerprint density at radius 3 is 2.75 bits per heavy atom. The summed E-state index contributed by atoms with van der Waals surface area (Å²) in [7, 11) is 0. The smallest absolute Gasteiger partial charge is 0.144 e. The minimum atomic E-state index is -0.495. The zero-order valence-corrected chi connectivity index (χ0v) is 13.5. The quantitative estimate of drug-likeness (QED) is 0.736. The Labute approximate surface area is 123 Å². The van der Waals surface area contributed by atoms with E-state index in [1.165, 1.54) is 12.1 Å². The average Bonchev–Trinajstić information content (AvgIpc) is 2.88. The number of nitrogens with one attached hydrogen (secondary N) is 1. The molecule has 4 atom stereocenters. The number of fused-ring (bicyclic) bond motifs is 1. The van der Waals surface area contributed by atoms with Crippen LogP contribution in [0.4, 0.5) is 0 Å². The Hall–Kier alpha value is -0.610. The van der Waals surface area contributed by atoms with Crippen LogP contribution < -0.4 is 5.32 Å². The molecule has 4 heteroatoms. The number of nitrogens with zero attached hydrogens (tertiary/aromatic N) is 1. The fourth-order valence-electron chi connectivity index (χ4n) is 3.44. The summed E-state index contributed by atoms with van der Waals surface area (Å²) in [5, 5.41) is 17.3. The first-order chi connectivity index (χ1) is 9.32. The van der Waals surface area contributed by atoms with Crippen LogP contribution in [0.1, 0.15) is 47.5 Å². The maximum absolute atomic E-state index is 9.78. The summed E-state index contributed by atoms with van der Waals surface area (Å²) >= 11 is 0. The molecule has 0 bridgehead atoms. The van der Waals surface area contributed by atoms with Gasteiger partial charge in [0.2, 0.25) is 0 Å². The number of oxime groups is 1. The van der Waals surface area contributed by atoms with Gasteiger partial charge in [0, 0.05) is 12.6 Å². The highest BCUT2D eigenvalue weighted by molar-refractivity contribution is 5.87. The largest absolute Gasteiger partial charge is 0.393 e. The second kappa shape index (κ2) is 6.02. The Morgan fingerprint density at radius 2 is 2.10 bits per heavy atom. The lowest BCUT2D eigenvalue weighted by Crippen LogP contribution is -2.34. The molecule has 0 spiro atoms. The van der Waals surface area contributed by atoms with E-state index in [1.807, 2.05) is 0 Å². The van der Waals surface area contributed by atoms with Crippen LogP contribution in [0.3, 0.4) is 0 Å². The van der Waals surface area contributed by atoms with Gasteiger partial charge in [-0.25, -0.2) is 0 Å². The van der Waals surface area contributed by atoms with Gasteiger partial charge in [0.1, 0.15) is 12.7 Å². The normalized spacial score (nSPS) is 35.0. The van der Waals surface area contributed by atoms with E-state index in [1.54, 1.807) is 0 Å². The Morgan fingerprint density at radius 1 is 1.40 bits per heavy atom. The summed E-state index contributed by atoms with van der Waals surface area (Å²) in [5.74, 6) is 2.18. The molecule has 20 heavy (non-hydrogen) atoms. The standard InChI is InChI=1S/C16H30N2O2/c1-10(2)17-8-12(19)9-20-18-15-7-14-13(6-11(15)3)16(14,4)5/h10-14,17,19H,6-9H2,1-5H3/b18-15+/t11-,12+,13+,14-/m1/s1. The van der Waals surface area contributed by atoms with Gasteiger partial charge in [0.05, 0.1) is 5.71 Å². The van der Waals surface area contributed by atoms with Gasteiger partial charge in [-0.3, -0.25) is 0 Å². The van der Waals surface area contributed by atoms with Crippen LogP contribution in [-0.4, -0.2) is 36.1 Å². The molecular weight excluding hydrogens is 252 g/mol. The average molecular weight is 282 g/mol. The van der Waals surface area contributed by atoms with Crippen molar-refractivity contribution in [2.45, 2.75) is 59.6 Å². The second-order valence-corrected chi connectivity index (χ2v) is 7.47. The van der Waals surface area contributed by atoms with E-state index in [0.717, 1.165) is 18.3 Å². The molecule has 0 amide bonds. The number of hydrogen-bond donors (Lipinski definition) is 2. The zero-order valence-electron chi connectivity index (χ0n) is 13.5. The van der Waals surface area contributed by atoms with Gasteiger partial charge in [-0.15, -0.1) is 0 Å². The fourth-order valence-corrected chi connectivity index (χ4v) is 3.44. The van der Waals surface area contributed by atoms with Crippen LogP contribution in [0, 0.1) is 23.2 Å². The van der Waals surface area contributed by atoms with Crippen LogP contribution in [0.15, 0.2) is 5.16 Å². The molecule has 0 aromatic heterocycles. The fraction of sp³-hybridized carbons (Fsp3) is 0.938. The van der Waals surface area contributed by atoms with Crippen molar-refractivity contribution < 1.29 is 9.94 Å². The first kappa shape index (κ1) is 15.8. The Bertz CT molecular complexity index is 365. The first-order valence-corrected chi connectivity index (χ1v) is 7.92. The molecule has 2 aliphatic carbocycles. The number of rotatable bonds is 6. The van der Waals surface area contributed by atoms with Crippen molar-refractivity contribution in [3.05, 3.63) is 0 Å². The number of hydrogen-bond acceptors (Lipinski definition) is 4. The summed E-state index contributed by atoms with van der Waals surface area (Å²) in [6.45, 7) is 11.9. The Kier molecular flexibility index (Phi) is 4.75. The van der Waals surface area contributed by atoms with Gasteiger partial charge in [0.15, 0.2) is 0 Å². The molecule has 4 nitrogen and oxygen atoms in total. The predicted octanol–water partition coefficient (Wildman–Crippen LogP) is 2.42. The summed E-state index contributed by atoms with van der Waals surface area (Å²) < 4.78 is 0. The van der Waals surface area contributed by atoms with Crippen LogP contribution in [-0.2, 0) is 4.84 Å². The molecule has 116 valence electrons. The van der Waals surface area contributed by atoms with Gasteiger partial charge >= 0.3 is 0 Å². The number of aliphatic hydroxyl groups excluding tert-OH is 1. The van der Waals surface area contributed by atoms with E-state index in [0.29, 0.717) is 23.9 Å². The van der Waals surface area contributed by atoms with Crippen molar-refractivity contribution in [2.75, 3.05) is 13.2 Å². The van der Waals surface area contributed by atoms with E-state index in [9.17, 15) is 5.11 Å². The maximum atomic E-state index is 9.78.